The zero-order chi connectivity index (χ0) is 19.4. The Hall–Kier alpha value is -2.70. The third-order valence-electron chi connectivity index (χ3n) is 4.41. The van der Waals surface area contributed by atoms with Gasteiger partial charge in [-0.25, -0.2) is 8.42 Å². The molecule has 140 valence electrons. The van der Waals surface area contributed by atoms with E-state index in [4.69, 9.17) is 0 Å². The molecule has 0 heterocycles. The molecule has 3 rings (SSSR count). The maximum Gasteiger partial charge on any atom is 0.242 e. The van der Waals surface area contributed by atoms with Crippen molar-refractivity contribution in [1.82, 2.24) is 4.72 Å². The van der Waals surface area contributed by atoms with Crippen molar-refractivity contribution in [2.45, 2.75) is 31.2 Å². The molecule has 0 fully saturated rings. The molecule has 3 aromatic rings. The van der Waals surface area contributed by atoms with Crippen molar-refractivity contribution >= 4 is 32.4 Å². The van der Waals surface area contributed by atoms with Crippen LogP contribution in [0.1, 0.15) is 19.4 Å². The topological polar surface area (TPSA) is 75.3 Å². The first-order valence-corrected chi connectivity index (χ1v) is 10.3. The smallest absolute Gasteiger partial charge is 0.242 e. The summed E-state index contributed by atoms with van der Waals surface area (Å²) in [7, 11) is -3.81. The molecule has 0 unspecified atom stereocenters. The van der Waals surface area contributed by atoms with Gasteiger partial charge in [0.2, 0.25) is 15.9 Å². The molecular weight excluding hydrogens is 360 g/mol. The summed E-state index contributed by atoms with van der Waals surface area (Å²) in [5.74, 6) is -0.403. The van der Waals surface area contributed by atoms with Gasteiger partial charge in [0.15, 0.2) is 0 Å². The van der Waals surface area contributed by atoms with Crippen LogP contribution in [-0.4, -0.2) is 20.4 Å². The minimum Gasteiger partial charge on any atom is -0.324 e. The third-order valence-corrected chi connectivity index (χ3v) is 5.95. The molecule has 5 nitrogen and oxygen atoms in total. The molecule has 0 aliphatic heterocycles. The molecular formula is C21H22N2O3S. The second-order valence-electron chi connectivity index (χ2n) is 6.35. The number of rotatable bonds is 6. The number of carbonyl (C=O) groups excluding carboxylic acids is 1. The van der Waals surface area contributed by atoms with Gasteiger partial charge in [-0.1, -0.05) is 55.5 Å². The van der Waals surface area contributed by atoms with E-state index in [1.807, 2.05) is 49.4 Å². The number of benzene rings is 3. The fourth-order valence-electron chi connectivity index (χ4n) is 2.88. The van der Waals surface area contributed by atoms with Gasteiger partial charge in [-0.05, 0) is 47.9 Å². The Morgan fingerprint density at radius 3 is 2.37 bits per heavy atom. The van der Waals surface area contributed by atoms with E-state index in [9.17, 15) is 13.2 Å². The molecule has 0 aliphatic carbocycles. The lowest BCUT2D eigenvalue weighted by Gasteiger charge is -2.16. The van der Waals surface area contributed by atoms with Crippen molar-refractivity contribution in [3.63, 3.8) is 0 Å². The monoisotopic (exact) mass is 382 g/mol. The number of nitrogens with one attached hydrogen (secondary N) is 2. The zero-order valence-electron chi connectivity index (χ0n) is 15.3. The molecule has 0 bridgehead atoms. The third kappa shape index (κ3) is 4.35. The molecule has 1 atom stereocenters. The number of hydrogen-bond acceptors (Lipinski definition) is 3. The summed E-state index contributed by atoms with van der Waals surface area (Å²) in [6, 6.07) is 19.0. The van der Waals surface area contributed by atoms with Gasteiger partial charge >= 0.3 is 0 Å². The molecule has 0 spiro atoms. The molecule has 27 heavy (non-hydrogen) atoms. The lowest BCUT2D eigenvalue weighted by atomic mass is 10.1. The van der Waals surface area contributed by atoms with Gasteiger partial charge in [-0.3, -0.25) is 4.79 Å². The average Bonchev–Trinajstić information content (AvgIpc) is 2.67. The van der Waals surface area contributed by atoms with Crippen LogP contribution < -0.4 is 10.0 Å². The van der Waals surface area contributed by atoms with Gasteiger partial charge in [-0.2, -0.15) is 4.72 Å². The lowest BCUT2D eigenvalue weighted by Crippen LogP contribution is -2.41. The average molecular weight is 382 g/mol. The van der Waals surface area contributed by atoms with E-state index in [1.165, 1.54) is 6.92 Å². The Labute approximate surface area is 159 Å². The van der Waals surface area contributed by atoms with Gasteiger partial charge in [0, 0.05) is 5.69 Å². The van der Waals surface area contributed by atoms with Crippen molar-refractivity contribution < 1.29 is 13.2 Å². The van der Waals surface area contributed by atoms with Gasteiger partial charge in [-0.15, -0.1) is 0 Å². The number of carbonyl (C=O) groups is 1. The first-order valence-electron chi connectivity index (χ1n) is 8.80. The van der Waals surface area contributed by atoms with Crippen molar-refractivity contribution in [3.05, 3.63) is 72.3 Å². The normalized spacial score (nSPS) is 12.7. The molecule has 0 saturated heterocycles. The summed E-state index contributed by atoms with van der Waals surface area (Å²) in [5, 5.41) is 4.58. The second kappa shape index (κ2) is 7.90. The van der Waals surface area contributed by atoms with Crippen LogP contribution in [0.25, 0.3) is 10.8 Å². The Balaban J connectivity index is 1.76. The predicted octanol–water partition coefficient (Wildman–Crippen LogP) is 3.71. The van der Waals surface area contributed by atoms with E-state index >= 15 is 0 Å². The SMILES string of the molecule is CCc1ccccc1NC(=O)[C@@H](C)NS(=O)(=O)c1ccc2ccccc2c1. The fourth-order valence-corrected chi connectivity index (χ4v) is 4.12. The summed E-state index contributed by atoms with van der Waals surface area (Å²) >= 11 is 0. The van der Waals surface area contributed by atoms with Crippen molar-refractivity contribution in [2.24, 2.45) is 0 Å². The summed E-state index contributed by atoms with van der Waals surface area (Å²) in [6.07, 6.45) is 0.771. The van der Waals surface area contributed by atoms with Crippen LogP contribution >= 0.6 is 0 Å². The van der Waals surface area contributed by atoms with Crippen molar-refractivity contribution in [3.8, 4) is 0 Å². The minimum atomic E-state index is -3.81. The molecule has 0 aliphatic rings. The molecule has 0 aromatic heterocycles. The van der Waals surface area contributed by atoms with Gasteiger partial charge in [0.1, 0.15) is 0 Å². The molecule has 2 N–H and O–H groups in total. The van der Waals surface area contributed by atoms with Crippen LogP contribution in [0.2, 0.25) is 0 Å². The van der Waals surface area contributed by atoms with E-state index in [1.54, 1.807) is 24.3 Å². The van der Waals surface area contributed by atoms with Crippen LogP contribution in [0.3, 0.4) is 0 Å². The Morgan fingerprint density at radius 2 is 1.63 bits per heavy atom. The van der Waals surface area contributed by atoms with E-state index in [2.05, 4.69) is 10.0 Å². The van der Waals surface area contributed by atoms with Crippen LogP contribution in [-0.2, 0) is 21.2 Å². The number of amides is 1. The quantitative estimate of drug-likeness (QED) is 0.682. The summed E-state index contributed by atoms with van der Waals surface area (Å²) in [6.45, 7) is 3.53. The lowest BCUT2D eigenvalue weighted by molar-refractivity contribution is -0.117. The van der Waals surface area contributed by atoms with E-state index < -0.39 is 22.0 Å². The first kappa shape index (κ1) is 19.1. The van der Waals surface area contributed by atoms with Crippen LogP contribution in [0, 0.1) is 0 Å². The summed E-state index contributed by atoms with van der Waals surface area (Å²) in [5.41, 5.74) is 1.69. The number of fused-ring (bicyclic) bond motifs is 1. The molecule has 6 heteroatoms. The highest BCUT2D eigenvalue weighted by molar-refractivity contribution is 7.89. The second-order valence-corrected chi connectivity index (χ2v) is 8.07. The fraction of sp³-hybridized carbons (Fsp3) is 0.190. The standard InChI is InChI=1S/C21H22N2O3S/c1-3-16-8-6-7-11-20(16)22-21(24)15(2)23-27(25,26)19-13-12-17-9-4-5-10-18(17)14-19/h4-15,23H,3H2,1-2H3,(H,22,24)/t15-/m1/s1. The number of anilines is 1. The predicted molar refractivity (Wildman–Crippen MR) is 108 cm³/mol. The Kier molecular flexibility index (Phi) is 5.58. The Morgan fingerprint density at radius 1 is 0.963 bits per heavy atom. The molecule has 1 amide bonds. The maximum absolute atomic E-state index is 12.7. The zero-order valence-corrected chi connectivity index (χ0v) is 16.1. The Bertz CT molecular complexity index is 1080. The van der Waals surface area contributed by atoms with E-state index in [0.29, 0.717) is 5.69 Å². The highest BCUT2D eigenvalue weighted by atomic mass is 32.2. The summed E-state index contributed by atoms with van der Waals surface area (Å²) < 4.78 is 27.8. The van der Waals surface area contributed by atoms with Gasteiger partial charge < -0.3 is 5.32 Å². The van der Waals surface area contributed by atoms with Crippen LogP contribution in [0.15, 0.2) is 71.6 Å². The van der Waals surface area contributed by atoms with Gasteiger partial charge in [0.25, 0.3) is 0 Å². The molecule has 0 radical (unpaired) electrons. The number of sulfonamides is 1. The molecule has 3 aromatic carbocycles. The minimum absolute atomic E-state index is 0.134. The molecule has 0 saturated carbocycles. The highest BCUT2D eigenvalue weighted by Crippen LogP contribution is 2.20. The summed E-state index contributed by atoms with van der Waals surface area (Å²) in [4.78, 5) is 12.6. The van der Waals surface area contributed by atoms with Gasteiger partial charge in [0.05, 0.1) is 10.9 Å². The number of aryl methyl sites for hydroxylation is 1. The van der Waals surface area contributed by atoms with E-state index in [-0.39, 0.29) is 4.90 Å². The van der Waals surface area contributed by atoms with Crippen LogP contribution in [0.5, 0.6) is 0 Å². The largest absolute Gasteiger partial charge is 0.324 e. The van der Waals surface area contributed by atoms with Crippen LogP contribution in [0.4, 0.5) is 5.69 Å². The number of para-hydroxylation sites is 1. The number of hydrogen-bond donors (Lipinski definition) is 2. The van der Waals surface area contributed by atoms with Crippen molar-refractivity contribution in [2.75, 3.05) is 5.32 Å². The first-order chi connectivity index (χ1) is 12.9. The van der Waals surface area contributed by atoms with E-state index in [0.717, 1.165) is 22.8 Å². The maximum atomic E-state index is 12.7. The van der Waals surface area contributed by atoms with Crippen molar-refractivity contribution in [1.29, 1.82) is 0 Å². The highest BCUT2D eigenvalue weighted by Gasteiger charge is 2.22.